The predicted octanol–water partition coefficient (Wildman–Crippen LogP) is 6.04. The number of carbonyl (C=O) groups excluding carboxylic acids is 3. The smallest absolute Gasteiger partial charge is 0.348 e. The zero-order valence-electron chi connectivity index (χ0n) is 19.3. The lowest BCUT2D eigenvalue weighted by Crippen LogP contribution is -2.12. The maximum absolute atomic E-state index is 13.0. The van der Waals surface area contributed by atoms with Crippen LogP contribution in [0.3, 0.4) is 0 Å². The maximum Gasteiger partial charge on any atom is 0.348 e. The van der Waals surface area contributed by atoms with Crippen molar-refractivity contribution in [3.05, 3.63) is 73.6 Å². The molecule has 0 atom stereocenters. The average molecular weight is 512 g/mol. The third-order valence-corrected chi connectivity index (χ3v) is 6.43. The van der Waals surface area contributed by atoms with Crippen LogP contribution in [0.1, 0.15) is 50.1 Å². The number of nitrogens with zero attached hydrogens (tertiary/aromatic N) is 1. The van der Waals surface area contributed by atoms with Crippen molar-refractivity contribution in [2.45, 2.75) is 27.2 Å². The van der Waals surface area contributed by atoms with E-state index in [4.69, 9.17) is 25.5 Å². The highest BCUT2D eigenvalue weighted by Crippen LogP contribution is 2.31. The van der Waals surface area contributed by atoms with Crippen molar-refractivity contribution in [2.24, 2.45) is 0 Å². The van der Waals surface area contributed by atoms with E-state index < -0.39 is 17.7 Å². The normalized spacial score (nSPS) is 11.1. The lowest BCUT2D eigenvalue weighted by molar-refractivity contribution is -0.114. The quantitative estimate of drug-likeness (QED) is 0.196. The van der Waals surface area contributed by atoms with Crippen LogP contribution in [0.25, 0.3) is 17.4 Å². The van der Waals surface area contributed by atoms with Crippen molar-refractivity contribution >= 4 is 46.7 Å². The number of rotatable bonds is 9. The summed E-state index contributed by atoms with van der Waals surface area (Å²) >= 11 is 7.01. The highest BCUT2D eigenvalue weighted by molar-refractivity contribution is 7.14. The van der Waals surface area contributed by atoms with E-state index in [1.165, 1.54) is 6.08 Å². The lowest BCUT2D eigenvalue weighted by atomic mass is 10.0. The monoisotopic (exact) mass is 511 g/mol. The molecule has 35 heavy (non-hydrogen) atoms. The van der Waals surface area contributed by atoms with E-state index in [1.54, 1.807) is 51.1 Å². The summed E-state index contributed by atoms with van der Waals surface area (Å²) in [6, 6.07) is 12.3. The first-order valence-corrected chi connectivity index (χ1v) is 12.0. The van der Waals surface area contributed by atoms with Crippen LogP contribution in [-0.4, -0.2) is 30.9 Å². The Bertz CT molecular complexity index is 1340. The second-order valence-corrected chi connectivity index (χ2v) is 8.82. The number of nitriles is 1. The molecule has 0 aliphatic carbocycles. The minimum Gasteiger partial charge on any atom is -0.462 e. The van der Waals surface area contributed by atoms with Crippen molar-refractivity contribution in [3.63, 3.8) is 0 Å². The molecule has 1 aromatic carbocycles. The molecule has 0 bridgehead atoms. The van der Waals surface area contributed by atoms with Crippen molar-refractivity contribution in [1.29, 1.82) is 5.26 Å². The summed E-state index contributed by atoms with van der Waals surface area (Å²) in [5.74, 6) is -0.916. The molecule has 0 fully saturated rings. The summed E-state index contributed by atoms with van der Waals surface area (Å²) in [4.78, 5) is 38.5. The summed E-state index contributed by atoms with van der Waals surface area (Å²) in [6.45, 7) is 5.24. The first-order valence-electron chi connectivity index (χ1n) is 10.8. The van der Waals surface area contributed by atoms with Gasteiger partial charge >= 0.3 is 11.9 Å². The van der Waals surface area contributed by atoms with E-state index in [0.29, 0.717) is 27.0 Å². The van der Waals surface area contributed by atoms with E-state index in [2.05, 4.69) is 0 Å². The Hall–Kier alpha value is -3.67. The zero-order valence-corrected chi connectivity index (χ0v) is 20.9. The standard InChI is InChI=1S/C26H22ClNO6S/c1-4-32-25(30)23-15(3)24(26(31)33-5-2)35-22(23)13-20(29)17(14-28)12-19-9-10-21(34-19)16-7-6-8-18(27)11-16/h6-12H,4-5,13H2,1-3H3/b17-12+. The molecule has 0 aliphatic rings. The molecule has 9 heteroatoms. The van der Waals surface area contributed by atoms with Gasteiger partial charge in [0.1, 0.15) is 22.5 Å². The summed E-state index contributed by atoms with van der Waals surface area (Å²) in [7, 11) is 0. The Balaban J connectivity index is 1.91. The van der Waals surface area contributed by atoms with Gasteiger partial charge in [-0.25, -0.2) is 9.59 Å². The first kappa shape index (κ1) is 25.9. The van der Waals surface area contributed by atoms with Gasteiger partial charge in [-0.15, -0.1) is 11.3 Å². The molecule has 0 N–H and O–H groups in total. The van der Waals surface area contributed by atoms with Gasteiger partial charge < -0.3 is 13.9 Å². The van der Waals surface area contributed by atoms with Crippen LogP contribution < -0.4 is 0 Å². The molecule has 0 spiro atoms. The average Bonchev–Trinajstić information content (AvgIpc) is 3.42. The van der Waals surface area contributed by atoms with Gasteiger partial charge in [-0.2, -0.15) is 5.26 Å². The van der Waals surface area contributed by atoms with E-state index in [9.17, 15) is 19.6 Å². The summed E-state index contributed by atoms with van der Waals surface area (Å²) in [6.07, 6.45) is 1.08. The largest absolute Gasteiger partial charge is 0.462 e. The second-order valence-electron chi connectivity index (χ2n) is 7.28. The predicted molar refractivity (Wildman–Crippen MR) is 132 cm³/mol. The molecule has 3 rings (SSSR count). The summed E-state index contributed by atoms with van der Waals surface area (Å²) in [5.41, 5.74) is 1.12. The number of ketones is 1. The number of ether oxygens (including phenoxy) is 2. The summed E-state index contributed by atoms with van der Waals surface area (Å²) in [5, 5.41) is 10.2. The van der Waals surface area contributed by atoms with Gasteiger partial charge in [-0.1, -0.05) is 23.7 Å². The number of benzene rings is 1. The topological polar surface area (TPSA) is 107 Å². The third kappa shape index (κ3) is 6.07. The molecule has 180 valence electrons. The zero-order chi connectivity index (χ0) is 25.5. The van der Waals surface area contributed by atoms with Gasteiger partial charge in [0.25, 0.3) is 0 Å². The molecular weight excluding hydrogens is 490 g/mol. The van der Waals surface area contributed by atoms with E-state index >= 15 is 0 Å². The Labute approximate surface area is 211 Å². The van der Waals surface area contributed by atoms with E-state index in [1.807, 2.05) is 12.1 Å². The molecule has 0 radical (unpaired) electrons. The fourth-order valence-electron chi connectivity index (χ4n) is 3.35. The van der Waals surface area contributed by atoms with Crippen molar-refractivity contribution in [2.75, 3.05) is 13.2 Å². The number of hydrogen-bond donors (Lipinski definition) is 0. The Morgan fingerprint density at radius 2 is 1.83 bits per heavy atom. The van der Waals surface area contributed by atoms with E-state index in [-0.39, 0.29) is 35.6 Å². The fourth-order valence-corrected chi connectivity index (χ4v) is 4.72. The molecule has 3 aromatic rings. The van der Waals surface area contributed by atoms with Gasteiger partial charge in [0.15, 0.2) is 5.78 Å². The van der Waals surface area contributed by atoms with Crippen LogP contribution in [0.4, 0.5) is 0 Å². The Morgan fingerprint density at radius 1 is 1.11 bits per heavy atom. The maximum atomic E-state index is 13.0. The molecule has 7 nitrogen and oxygen atoms in total. The molecule has 0 amide bonds. The summed E-state index contributed by atoms with van der Waals surface area (Å²) < 4.78 is 15.9. The molecule has 0 saturated heterocycles. The minimum absolute atomic E-state index is 0.132. The number of carbonyl (C=O) groups is 3. The van der Waals surface area contributed by atoms with E-state index in [0.717, 1.165) is 16.9 Å². The first-order chi connectivity index (χ1) is 16.8. The number of esters is 2. The molecule has 0 aliphatic heterocycles. The third-order valence-electron chi connectivity index (χ3n) is 4.92. The Kier molecular flexibility index (Phi) is 8.63. The molecule has 0 saturated carbocycles. The number of furan rings is 1. The molecule has 2 heterocycles. The number of halogens is 1. The molecule has 2 aromatic heterocycles. The fraction of sp³-hybridized carbons (Fsp3) is 0.231. The minimum atomic E-state index is -0.640. The number of hydrogen-bond acceptors (Lipinski definition) is 8. The second kappa shape index (κ2) is 11.6. The highest BCUT2D eigenvalue weighted by atomic mass is 35.5. The van der Waals surface area contributed by atoms with Gasteiger partial charge in [-0.3, -0.25) is 4.79 Å². The SMILES string of the molecule is CCOC(=O)c1sc(CC(=O)/C(C#N)=C/c2ccc(-c3cccc(Cl)c3)o2)c(C(=O)OCC)c1C. The van der Waals surface area contributed by atoms with Gasteiger partial charge in [0.05, 0.1) is 24.4 Å². The highest BCUT2D eigenvalue weighted by Gasteiger charge is 2.28. The Morgan fingerprint density at radius 3 is 2.49 bits per heavy atom. The van der Waals surface area contributed by atoms with Gasteiger partial charge in [0.2, 0.25) is 0 Å². The van der Waals surface area contributed by atoms with Crippen LogP contribution in [-0.2, 0) is 20.7 Å². The lowest BCUT2D eigenvalue weighted by Gasteiger charge is -2.05. The number of thiophene rings is 1. The van der Waals surface area contributed by atoms with Gasteiger partial charge in [0, 0.05) is 28.0 Å². The molecular formula is C26H22ClNO6S. The van der Waals surface area contributed by atoms with Crippen LogP contribution in [0.2, 0.25) is 5.02 Å². The van der Waals surface area contributed by atoms with Crippen LogP contribution >= 0.6 is 22.9 Å². The van der Waals surface area contributed by atoms with Crippen molar-refractivity contribution in [3.8, 4) is 17.4 Å². The number of allylic oxidation sites excluding steroid dienone is 1. The van der Waals surface area contributed by atoms with Crippen LogP contribution in [0.15, 0.2) is 46.4 Å². The molecule has 0 unspecified atom stereocenters. The van der Waals surface area contributed by atoms with Gasteiger partial charge in [-0.05, 0) is 50.6 Å². The van der Waals surface area contributed by atoms with Crippen molar-refractivity contribution < 1.29 is 28.3 Å². The number of Topliss-reactive ketones (excluding diaryl/α,β-unsaturated/α-hetero) is 1. The van der Waals surface area contributed by atoms with Crippen LogP contribution in [0.5, 0.6) is 0 Å². The van der Waals surface area contributed by atoms with Crippen LogP contribution in [0, 0.1) is 18.3 Å². The van der Waals surface area contributed by atoms with Crippen molar-refractivity contribution in [1.82, 2.24) is 0 Å².